The summed E-state index contributed by atoms with van der Waals surface area (Å²) in [5.41, 5.74) is 6.05. The maximum absolute atomic E-state index is 10.6. The van der Waals surface area contributed by atoms with E-state index in [-0.39, 0.29) is 5.92 Å². The summed E-state index contributed by atoms with van der Waals surface area (Å²) in [6.07, 6.45) is -0.0669. The summed E-state index contributed by atoms with van der Waals surface area (Å²) in [5.74, 6) is -0.0364. The fraction of sp³-hybridized carbons (Fsp3) is 0.462. The molecule has 0 spiro atoms. The summed E-state index contributed by atoms with van der Waals surface area (Å²) in [6.45, 7) is 3.73. The van der Waals surface area contributed by atoms with Crippen molar-refractivity contribution in [1.82, 2.24) is 0 Å². The largest absolute Gasteiger partial charge is 0.388 e. The van der Waals surface area contributed by atoms with Gasteiger partial charge in [0, 0.05) is 18.2 Å². The van der Waals surface area contributed by atoms with Crippen LogP contribution in [0.4, 0.5) is 0 Å². The maximum Gasteiger partial charge on any atom is 0.168 e. The Balaban J connectivity index is 3.10. The van der Waals surface area contributed by atoms with Crippen molar-refractivity contribution in [3.63, 3.8) is 0 Å². The van der Waals surface area contributed by atoms with Crippen molar-refractivity contribution in [3.8, 4) is 0 Å². The molecule has 1 rings (SSSR count). The van der Waals surface area contributed by atoms with Gasteiger partial charge in [0.15, 0.2) is 5.72 Å². The number of carbonyl (C=O) groups excluding carboxylic acids is 1. The zero-order chi connectivity index (χ0) is 13.1. The first-order valence-corrected chi connectivity index (χ1v) is 5.53. The van der Waals surface area contributed by atoms with Crippen molar-refractivity contribution in [3.05, 3.63) is 35.4 Å². The molecular weight excluding hydrogens is 218 g/mol. The molecule has 0 saturated carbocycles. The quantitative estimate of drug-likeness (QED) is 0.597. The Morgan fingerprint density at radius 1 is 1.35 bits per heavy atom. The van der Waals surface area contributed by atoms with E-state index >= 15 is 0 Å². The Labute approximate surface area is 101 Å². The molecule has 4 nitrogen and oxygen atoms in total. The first kappa shape index (κ1) is 13.8. The Bertz CT molecular complexity index is 375. The van der Waals surface area contributed by atoms with E-state index in [0.717, 1.165) is 6.29 Å². The van der Waals surface area contributed by atoms with Gasteiger partial charge in [-0.1, -0.05) is 38.1 Å². The molecular formula is C13H19NO3. The molecule has 0 heterocycles. The van der Waals surface area contributed by atoms with Gasteiger partial charge in [-0.2, -0.15) is 0 Å². The van der Waals surface area contributed by atoms with Gasteiger partial charge in [0.05, 0.1) is 0 Å². The molecule has 0 aliphatic heterocycles. The average molecular weight is 237 g/mol. The Kier molecular flexibility index (Phi) is 4.40. The predicted molar refractivity (Wildman–Crippen MR) is 65.5 cm³/mol. The van der Waals surface area contributed by atoms with E-state index in [9.17, 15) is 9.90 Å². The van der Waals surface area contributed by atoms with E-state index in [1.54, 1.807) is 24.3 Å². The van der Waals surface area contributed by atoms with Gasteiger partial charge in [-0.3, -0.25) is 10.5 Å². The minimum absolute atomic E-state index is 0.0364. The molecule has 0 saturated heterocycles. The molecule has 0 bridgehead atoms. The Hall–Kier alpha value is -1.23. The van der Waals surface area contributed by atoms with Crippen LogP contribution in [0.25, 0.3) is 0 Å². The molecule has 0 aromatic heterocycles. The highest BCUT2D eigenvalue weighted by Crippen LogP contribution is 2.27. The van der Waals surface area contributed by atoms with Crippen LogP contribution in [-0.2, 0) is 10.5 Å². The smallest absolute Gasteiger partial charge is 0.168 e. The molecule has 2 atom stereocenters. The van der Waals surface area contributed by atoms with Crippen LogP contribution in [0, 0.1) is 5.92 Å². The normalized spacial score (nSPS) is 16.6. The van der Waals surface area contributed by atoms with Crippen LogP contribution < -0.4 is 5.73 Å². The molecule has 0 aliphatic rings. The molecule has 0 unspecified atom stereocenters. The fourth-order valence-corrected chi connectivity index (χ4v) is 1.73. The van der Waals surface area contributed by atoms with Crippen LogP contribution >= 0.6 is 0 Å². The highest BCUT2D eigenvalue weighted by atomic mass is 16.5. The van der Waals surface area contributed by atoms with E-state index in [1.165, 1.54) is 7.11 Å². The lowest BCUT2D eigenvalue weighted by Crippen LogP contribution is -2.51. The van der Waals surface area contributed by atoms with Crippen LogP contribution in [-0.4, -0.2) is 24.6 Å². The first-order chi connectivity index (χ1) is 7.95. The molecule has 17 heavy (non-hydrogen) atoms. The minimum Gasteiger partial charge on any atom is -0.388 e. The number of hydrogen-bond acceptors (Lipinski definition) is 4. The predicted octanol–water partition coefficient (Wildman–Crippen LogP) is 1.27. The Morgan fingerprint density at radius 2 is 1.88 bits per heavy atom. The van der Waals surface area contributed by atoms with Crippen molar-refractivity contribution in [2.45, 2.75) is 25.7 Å². The number of hydrogen-bond donors (Lipinski definition) is 2. The van der Waals surface area contributed by atoms with Gasteiger partial charge in [-0.05, 0) is 5.92 Å². The Morgan fingerprint density at radius 3 is 2.24 bits per heavy atom. The molecule has 4 heteroatoms. The van der Waals surface area contributed by atoms with Gasteiger partial charge in [0.2, 0.25) is 0 Å². The maximum atomic E-state index is 10.6. The second kappa shape index (κ2) is 5.40. The second-order valence-electron chi connectivity index (χ2n) is 4.43. The second-order valence-corrected chi connectivity index (χ2v) is 4.43. The third-order valence-corrected chi connectivity index (χ3v) is 2.91. The summed E-state index contributed by atoms with van der Waals surface area (Å²) in [4.78, 5) is 10.6. The number of methoxy groups -OCH3 is 1. The number of rotatable bonds is 5. The van der Waals surface area contributed by atoms with Gasteiger partial charge < -0.3 is 9.84 Å². The molecule has 94 valence electrons. The standard InChI is InChI=1S/C13H19NO3/c1-9(2)12(16)13(14,17-3)11-6-4-10(8-15)5-7-11/h4-9,12,16H,14H2,1-3H3/t12-,13-/m0/s1. The minimum atomic E-state index is -1.25. The van der Waals surface area contributed by atoms with Crippen molar-refractivity contribution in [2.24, 2.45) is 11.7 Å². The van der Waals surface area contributed by atoms with Crippen molar-refractivity contribution in [1.29, 1.82) is 0 Å². The van der Waals surface area contributed by atoms with Gasteiger partial charge in [0.1, 0.15) is 12.4 Å². The lowest BCUT2D eigenvalue weighted by atomic mass is 9.90. The highest BCUT2D eigenvalue weighted by Gasteiger charge is 2.37. The summed E-state index contributed by atoms with van der Waals surface area (Å²) in [6, 6.07) is 6.68. The lowest BCUT2D eigenvalue weighted by molar-refractivity contribution is -0.122. The molecule has 1 aromatic carbocycles. The fourth-order valence-electron chi connectivity index (χ4n) is 1.73. The van der Waals surface area contributed by atoms with Crippen LogP contribution in [0.15, 0.2) is 24.3 Å². The molecule has 0 fully saturated rings. The SMILES string of the molecule is CO[C@@](N)(c1ccc(C=O)cc1)[C@@H](O)C(C)C. The average Bonchev–Trinajstić information content (AvgIpc) is 2.36. The van der Waals surface area contributed by atoms with Crippen LogP contribution in [0.3, 0.4) is 0 Å². The van der Waals surface area contributed by atoms with E-state index in [2.05, 4.69) is 0 Å². The first-order valence-electron chi connectivity index (χ1n) is 5.53. The summed E-state index contributed by atoms with van der Waals surface area (Å²) in [5, 5.41) is 10.1. The van der Waals surface area contributed by atoms with E-state index < -0.39 is 11.8 Å². The summed E-state index contributed by atoms with van der Waals surface area (Å²) < 4.78 is 5.26. The zero-order valence-corrected chi connectivity index (χ0v) is 10.4. The van der Waals surface area contributed by atoms with E-state index in [0.29, 0.717) is 11.1 Å². The number of carbonyl (C=O) groups is 1. The third-order valence-electron chi connectivity index (χ3n) is 2.91. The number of aliphatic hydroxyl groups excluding tert-OH is 1. The number of benzene rings is 1. The van der Waals surface area contributed by atoms with Gasteiger partial charge in [0.25, 0.3) is 0 Å². The van der Waals surface area contributed by atoms with Gasteiger partial charge >= 0.3 is 0 Å². The van der Waals surface area contributed by atoms with Crippen LogP contribution in [0.1, 0.15) is 29.8 Å². The number of ether oxygens (including phenoxy) is 1. The van der Waals surface area contributed by atoms with Crippen LogP contribution in [0.5, 0.6) is 0 Å². The monoisotopic (exact) mass is 237 g/mol. The van der Waals surface area contributed by atoms with Crippen molar-refractivity contribution >= 4 is 6.29 Å². The number of aliphatic hydroxyl groups is 1. The van der Waals surface area contributed by atoms with E-state index in [4.69, 9.17) is 10.5 Å². The van der Waals surface area contributed by atoms with Crippen molar-refractivity contribution < 1.29 is 14.6 Å². The summed E-state index contributed by atoms with van der Waals surface area (Å²) in [7, 11) is 1.46. The van der Waals surface area contributed by atoms with Gasteiger partial charge in [-0.25, -0.2) is 0 Å². The number of nitrogens with two attached hydrogens (primary N) is 1. The molecule has 0 radical (unpaired) electrons. The van der Waals surface area contributed by atoms with E-state index in [1.807, 2.05) is 13.8 Å². The molecule has 1 aromatic rings. The zero-order valence-electron chi connectivity index (χ0n) is 10.4. The highest BCUT2D eigenvalue weighted by molar-refractivity contribution is 5.74. The van der Waals surface area contributed by atoms with Gasteiger partial charge in [-0.15, -0.1) is 0 Å². The van der Waals surface area contributed by atoms with Crippen LogP contribution in [0.2, 0.25) is 0 Å². The molecule has 0 aliphatic carbocycles. The third kappa shape index (κ3) is 2.72. The number of aldehydes is 1. The topological polar surface area (TPSA) is 72.5 Å². The molecule has 0 amide bonds. The lowest BCUT2D eigenvalue weighted by Gasteiger charge is -2.35. The summed E-state index contributed by atoms with van der Waals surface area (Å²) >= 11 is 0. The molecule has 3 N–H and O–H groups in total. The van der Waals surface area contributed by atoms with Crippen molar-refractivity contribution in [2.75, 3.05) is 7.11 Å².